The molecule has 0 spiro atoms. The third-order valence-electron chi connectivity index (χ3n) is 8.95. The van der Waals surface area contributed by atoms with Crippen molar-refractivity contribution in [2.24, 2.45) is 4.99 Å². The van der Waals surface area contributed by atoms with E-state index in [2.05, 4.69) is 45.6 Å². The van der Waals surface area contributed by atoms with Crippen LogP contribution in [0.25, 0.3) is 16.9 Å². The number of hydrazine groups is 1. The summed E-state index contributed by atoms with van der Waals surface area (Å²) in [5.41, 5.74) is 0.580. The number of allylic oxidation sites excluding steroid dienone is 3. The molecule has 1 unspecified atom stereocenters. The number of aliphatic imine (C=N–C) groups is 1. The van der Waals surface area contributed by atoms with Crippen LogP contribution in [-0.2, 0) is 22.3 Å². The summed E-state index contributed by atoms with van der Waals surface area (Å²) < 4.78 is 86.8. The first-order valence-electron chi connectivity index (χ1n) is 17.5. The van der Waals surface area contributed by atoms with Gasteiger partial charge in [0.05, 0.1) is 47.3 Å². The van der Waals surface area contributed by atoms with Crippen LogP contribution in [0.1, 0.15) is 27.2 Å². The summed E-state index contributed by atoms with van der Waals surface area (Å²) in [5, 5.41) is 20.6. The highest BCUT2D eigenvalue weighted by atomic mass is 19.4. The molecule has 6 heterocycles. The van der Waals surface area contributed by atoms with Gasteiger partial charge in [0.15, 0.2) is 17.3 Å². The van der Waals surface area contributed by atoms with Gasteiger partial charge < -0.3 is 10.6 Å². The standard InChI is InChI=1S/C39H27F6N11O3/c1-22-10-11-33(53-52-22)51-37(58)28-21-54(56-15-13-31(50-35(28)56)26-7-3-5-9-32(26)59-39(43,44)45)20-23-16-24(18-46-17-23)48-36(57)27-19-47-55-14-12-30(49-34(27)55)25-6-2-4-8-29(25)38(40,41)42/h2-19,21,32H,20H2,1H3,(H,48,57)(H,51,53,58). The fourth-order valence-corrected chi connectivity index (χ4v) is 6.33. The number of hydrogen-bond acceptors (Lipinski definition) is 11. The molecule has 298 valence electrons. The van der Waals surface area contributed by atoms with Crippen LogP contribution in [0, 0.1) is 6.92 Å². The number of hydrogen-bond donors (Lipinski definition) is 2. The molecule has 4 aromatic heterocycles. The maximum absolute atomic E-state index is 13.8. The number of halogens is 6. The molecule has 8 rings (SSSR count). The molecule has 3 aliphatic rings. The molecule has 0 saturated carbocycles. The number of amides is 2. The lowest BCUT2D eigenvalue weighted by Crippen LogP contribution is -2.37. The predicted octanol–water partition coefficient (Wildman–Crippen LogP) is 6.93. The fraction of sp³-hybridized carbons (Fsp3) is 0.128. The summed E-state index contributed by atoms with van der Waals surface area (Å²) in [6.07, 6.45) is 4.59. The van der Waals surface area contributed by atoms with E-state index >= 15 is 0 Å². The Morgan fingerprint density at radius 2 is 1.75 bits per heavy atom. The largest absolute Gasteiger partial charge is 0.523 e. The second-order valence-corrected chi connectivity index (χ2v) is 13.0. The molecule has 5 aromatic rings. The lowest BCUT2D eigenvalue weighted by atomic mass is 10.0. The van der Waals surface area contributed by atoms with Gasteiger partial charge in [0.25, 0.3) is 11.8 Å². The summed E-state index contributed by atoms with van der Waals surface area (Å²) in [5.74, 6) is -1.08. The summed E-state index contributed by atoms with van der Waals surface area (Å²) in [4.78, 5) is 40.4. The molecule has 0 radical (unpaired) electrons. The molecule has 1 aromatic carbocycles. The van der Waals surface area contributed by atoms with E-state index in [4.69, 9.17) is 0 Å². The van der Waals surface area contributed by atoms with Crippen molar-refractivity contribution in [1.29, 1.82) is 0 Å². The number of aromatic nitrogens is 6. The van der Waals surface area contributed by atoms with Crippen LogP contribution < -0.4 is 10.6 Å². The van der Waals surface area contributed by atoms with E-state index in [9.17, 15) is 35.9 Å². The number of rotatable bonds is 8. The van der Waals surface area contributed by atoms with Gasteiger partial charge in [0.1, 0.15) is 17.2 Å². The van der Waals surface area contributed by atoms with E-state index in [-0.39, 0.29) is 63.2 Å². The lowest BCUT2D eigenvalue weighted by molar-refractivity contribution is -0.331. The van der Waals surface area contributed by atoms with Gasteiger partial charge in [-0.2, -0.15) is 23.4 Å². The molecule has 59 heavy (non-hydrogen) atoms. The fourth-order valence-electron chi connectivity index (χ4n) is 6.33. The summed E-state index contributed by atoms with van der Waals surface area (Å²) >= 11 is 0. The molecule has 1 atom stereocenters. The van der Waals surface area contributed by atoms with Crippen molar-refractivity contribution in [2.45, 2.75) is 32.1 Å². The number of nitrogens with one attached hydrogen (secondary N) is 2. The first-order chi connectivity index (χ1) is 28.2. The Labute approximate surface area is 329 Å². The number of amidine groups is 1. The number of alkyl halides is 6. The number of anilines is 2. The number of pyridine rings is 1. The Morgan fingerprint density at radius 3 is 2.53 bits per heavy atom. The second-order valence-electron chi connectivity index (χ2n) is 13.0. The topological polar surface area (TPSA) is 155 Å². The van der Waals surface area contributed by atoms with Crippen LogP contribution in [0.15, 0.2) is 138 Å². The zero-order chi connectivity index (χ0) is 41.5. The van der Waals surface area contributed by atoms with E-state index in [1.165, 1.54) is 95.3 Å². The molecule has 0 saturated heterocycles. The van der Waals surface area contributed by atoms with Crippen molar-refractivity contribution < 1.29 is 40.7 Å². The van der Waals surface area contributed by atoms with Gasteiger partial charge in [-0.15, -0.1) is 18.3 Å². The summed E-state index contributed by atoms with van der Waals surface area (Å²) in [6.45, 7) is 1.78. The van der Waals surface area contributed by atoms with Crippen molar-refractivity contribution in [3.8, 4) is 11.3 Å². The Balaban J connectivity index is 1.06. The van der Waals surface area contributed by atoms with Crippen LogP contribution in [0.3, 0.4) is 0 Å². The van der Waals surface area contributed by atoms with Gasteiger partial charge in [-0.25, -0.2) is 19.5 Å². The summed E-state index contributed by atoms with van der Waals surface area (Å²) in [6, 6.07) is 11.1. The maximum atomic E-state index is 13.8. The van der Waals surface area contributed by atoms with Crippen molar-refractivity contribution in [1.82, 2.24) is 39.8 Å². The normalized spacial score (nSPS) is 17.6. The SMILES string of the molecule is Cc1ccc(NC(=O)C2=CN(Cc3cncc(NC(=O)c4cnn5ccc(-c6ccccc6C(F)(F)F)nc45)c3)N3C=CC(=C4C=CC=CC4OC(F)(F)F)N=C23)nn1. The highest BCUT2D eigenvalue weighted by Crippen LogP contribution is 2.37. The Kier molecular flexibility index (Phi) is 9.84. The molecular weight excluding hydrogens is 784 g/mol. The number of fused-ring (bicyclic) bond motifs is 2. The van der Waals surface area contributed by atoms with Crippen LogP contribution in [0.2, 0.25) is 0 Å². The highest BCUT2D eigenvalue weighted by Gasteiger charge is 2.38. The van der Waals surface area contributed by atoms with Crippen molar-refractivity contribution in [2.75, 3.05) is 10.6 Å². The minimum atomic E-state index is -4.93. The second kappa shape index (κ2) is 15.1. The highest BCUT2D eigenvalue weighted by molar-refractivity contribution is 6.25. The lowest BCUT2D eigenvalue weighted by Gasteiger charge is -2.30. The Hall–Kier alpha value is -7.48. The number of nitrogens with zero attached hydrogens (tertiary/aromatic N) is 9. The number of aryl methyl sites for hydroxylation is 1. The molecule has 14 nitrogen and oxygen atoms in total. The van der Waals surface area contributed by atoms with Crippen molar-refractivity contribution in [3.05, 3.63) is 155 Å². The van der Waals surface area contributed by atoms with Gasteiger partial charge in [0, 0.05) is 35.9 Å². The van der Waals surface area contributed by atoms with Gasteiger partial charge in [0.2, 0.25) is 0 Å². The first kappa shape index (κ1) is 38.4. The average molecular weight is 812 g/mol. The van der Waals surface area contributed by atoms with Crippen LogP contribution in [0.5, 0.6) is 0 Å². The third kappa shape index (κ3) is 8.19. The van der Waals surface area contributed by atoms with Gasteiger partial charge in [-0.05, 0) is 48.9 Å². The number of carbonyl (C=O) groups excluding carboxylic acids is 2. The van der Waals surface area contributed by atoms with E-state index in [0.717, 1.165) is 6.07 Å². The zero-order valence-electron chi connectivity index (χ0n) is 30.3. The van der Waals surface area contributed by atoms with Crippen LogP contribution >= 0.6 is 0 Å². The van der Waals surface area contributed by atoms with Crippen LogP contribution in [-0.4, -0.2) is 69.9 Å². The summed E-state index contributed by atoms with van der Waals surface area (Å²) in [7, 11) is 0. The predicted molar refractivity (Wildman–Crippen MR) is 199 cm³/mol. The Bertz CT molecular complexity index is 2680. The first-order valence-corrected chi connectivity index (χ1v) is 17.5. The minimum Gasteiger partial charge on any atom is -0.320 e. The van der Waals surface area contributed by atoms with Crippen molar-refractivity contribution >= 4 is 34.8 Å². The molecule has 2 N–H and O–H groups in total. The Morgan fingerprint density at radius 1 is 0.915 bits per heavy atom. The molecule has 20 heteroatoms. The van der Waals surface area contributed by atoms with E-state index in [1.54, 1.807) is 36.2 Å². The van der Waals surface area contributed by atoms with E-state index in [1.807, 2.05) is 0 Å². The number of carbonyl (C=O) groups is 2. The smallest absolute Gasteiger partial charge is 0.320 e. The van der Waals surface area contributed by atoms with E-state index < -0.39 is 36.0 Å². The molecule has 0 fully saturated rings. The maximum Gasteiger partial charge on any atom is 0.523 e. The molecule has 2 amide bonds. The monoisotopic (exact) mass is 811 g/mol. The van der Waals surface area contributed by atoms with Gasteiger partial charge in [-0.1, -0.05) is 42.5 Å². The quantitative estimate of drug-likeness (QED) is 0.158. The molecule has 0 bridgehead atoms. The number of benzene rings is 1. The zero-order valence-corrected chi connectivity index (χ0v) is 30.3. The molecular formula is C39H27F6N11O3. The molecule has 1 aliphatic carbocycles. The molecule has 2 aliphatic heterocycles. The van der Waals surface area contributed by atoms with Crippen molar-refractivity contribution in [3.63, 3.8) is 0 Å². The number of ether oxygens (including phenoxy) is 1. The van der Waals surface area contributed by atoms with E-state index in [0.29, 0.717) is 11.3 Å². The minimum absolute atomic E-state index is 0.0124. The van der Waals surface area contributed by atoms with Gasteiger partial charge in [-0.3, -0.25) is 24.3 Å². The van der Waals surface area contributed by atoms with Crippen LogP contribution in [0.4, 0.5) is 37.8 Å². The average Bonchev–Trinajstić information content (AvgIpc) is 3.79. The van der Waals surface area contributed by atoms with Gasteiger partial charge >= 0.3 is 12.5 Å². The third-order valence-corrected chi connectivity index (χ3v) is 8.95.